The highest BCUT2D eigenvalue weighted by Gasteiger charge is 2.21. The summed E-state index contributed by atoms with van der Waals surface area (Å²) in [6.07, 6.45) is 1.20. The van der Waals surface area contributed by atoms with Gasteiger partial charge in [-0.25, -0.2) is 0 Å². The molecule has 0 saturated carbocycles. The van der Waals surface area contributed by atoms with Gasteiger partial charge in [-0.1, -0.05) is 0 Å². The maximum atomic E-state index is 10.7. The Morgan fingerprint density at radius 3 is 2.84 bits per heavy atom. The predicted molar refractivity (Wildman–Crippen MR) is 76.4 cm³/mol. The first-order chi connectivity index (χ1) is 8.97. The van der Waals surface area contributed by atoms with Gasteiger partial charge < -0.3 is 15.5 Å². The lowest BCUT2D eigenvalue weighted by Crippen LogP contribution is -2.27. The van der Waals surface area contributed by atoms with Crippen molar-refractivity contribution in [3.63, 3.8) is 0 Å². The minimum Gasteiger partial charge on any atom is -0.393 e. The molecule has 1 fully saturated rings. The number of hydrogen-bond acceptors (Lipinski definition) is 5. The van der Waals surface area contributed by atoms with Gasteiger partial charge in [0.1, 0.15) is 5.69 Å². The van der Waals surface area contributed by atoms with Crippen LogP contribution in [0.1, 0.15) is 6.42 Å². The molecule has 1 aromatic rings. The zero-order chi connectivity index (χ0) is 14.0. The quantitative estimate of drug-likeness (QED) is 0.507. The van der Waals surface area contributed by atoms with Crippen molar-refractivity contribution in [2.24, 2.45) is 5.92 Å². The molecule has 0 radical (unpaired) electrons. The van der Waals surface area contributed by atoms with Crippen molar-refractivity contribution in [2.75, 3.05) is 44.4 Å². The van der Waals surface area contributed by atoms with Crippen LogP contribution in [0.25, 0.3) is 0 Å². The smallest absolute Gasteiger partial charge is 0.292 e. The standard InChI is InChI=1S/C13H20N4O2/c1-15-6-5-10(8-15)9-16(2)11-3-4-13(17(18)19)12(14)7-11/h3-4,7,10H,5-6,8-9,14H2,1-2H3. The molecule has 19 heavy (non-hydrogen) atoms. The van der Waals surface area contributed by atoms with E-state index < -0.39 is 4.92 Å². The number of nitrogens with zero attached hydrogens (tertiary/aromatic N) is 3. The van der Waals surface area contributed by atoms with E-state index in [-0.39, 0.29) is 11.4 Å². The van der Waals surface area contributed by atoms with Gasteiger partial charge in [-0.05, 0) is 38.1 Å². The topological polar surface area (TPSA) is 75.6 Å². The number of nitro groups is 1. The lowest BCUT2D eigenvalue weighted by atomic mass is 10.1. The summed E-state index contributed by atoms with van der Waals surface area (Å²) in [6.45, 7) is 3.19. The van der Waals surface area contributed by atoms with Crippen LogP contribution < -0.4 is 10.6 Å². The van der Waals surface area contributed by atoms with Gasteiger partial charge in [-0.3, -0.25) is 10.1 Å². The first-order valence-electron chi connectivity index (χ1n) is 6.41. The monoisotopic (exact) mass is 264 g/mol. The normalized spacial score (nSPS) is 19.6. The summed E-state index contributed by atoms with van der Waals surface area (Å²) in [7, 11) is 4.13. The molecule has 1 unspecified atom stereocenters. The highest BCUT2D eigenvalue weighted by molar-refractivity contribution is 5.66. The van der Waals surface area contributed by atoms with Crippen LogP contribution in [0.2, 0.25) is 0 Å². The molecule has 104 valence electrons. The molecule has 1 saturated heterocycles. The second kappa shape index (κ2) is 5.44. The zero-order valence-corrected chi connectivity index (χ0v) is 11.4. The first kappa shape index (κ1) is 13.6. The van der Waals surface area contributed by atoms with Crippen LogP contribution in [0, 0.1) is 16.0 Å². The van der Waals surface area contributed by atoms with Crippen molar-refractivity contribution in [3.05, 3.63) is 28.3 Å². The molecular weight excluding hydrogens is 244 g/mol. The fraction of sp³-hybridized carbons (Fsp3) is 0.538. The average molecular weight is 264 g/mol. The number of anilines is 2. The number of benzene rings is 1. The first-order valence-corrected chi connectivity index (χ1v) is 6.41. The van der Waals surface area contributed by atoms with E-state index in [4.69, 9.17) is 5.73 Å². The number of rotatable bonds is 4. The highest BCUT2D eigenvalue weighted by Crippen LogP contribution is 2.27. The van der Waals surface area contributed by atoms with E-state index in [0.717, 1.165) is 25.3 Å². The summed E-state index contributed by atoms with van der Waals surface area (Å²) >= 11 is 0. The number of nitrogen functional groups attached to an aromatic ring is 1. The molecule has 0 bridgehead atoms. The maximum Gasteiger partial charge on any atom is 0.292 e. The molecule has 2 N–H and O–H groups in total. The molecule has 1 aliphatic heterocycles. The van der Waals surface area contributed by atoms with Gasteiger partial charge in [-0.2, -0.15) is 0 Å². The van der Waals surface area contributed by atoms with Crippen molar-refractivity contribution in [3.8, 4) is 0 Å². The van der Waals surface area contributed by atoms with Crippen LogP contribution in [0.15, 0.2) is 18.2 Å². The van der Waals surface area contributed by atoms with Crippen molar-refractivity contribution < 1.29 is 4.92 Å². The Morgan fingerprint density at radius 2 is 2.32 bits per heavy atom. The third-order valence-corrected chi connectivity index (χ3v) is 3.67. The summed E-state index contributed by atoms with van der Waals surface area (Å²) in [5.41, 5.74) is 6.83. The third-order valence-electron chi connectivity index (χ3n) is 3.67. The molecule has 2 rings (SSSR count). The Balaban J connectivity index is 2.05. The molecule has 6 nitrogen and oxygen atoms in total. The third kappa shape index (κ3) is 3.14. The largest absolute Gasteiger partial charge is 0.393 e. The Morgan fingerprint density at radius 1 is 1.58 bits per heavy atom. The highest BCUT2D eigenvalue weighted by atomic mass is 16.6. The van der Waals surface area contributed by atoms with Crippen LogP contribution in [0.3, 0.4) is 0 Å². The van der Waals surface area contributed by atoms with Gasteiger partial charge in [0.15, 0.2) is 0 Å². The van der Waals surface area contributed by atoms with Crippen LogP contribution in [0.5, 0.6) is 0 Å². The van der Waals surface area contributed by atoms with Gasteiger partial charge in [0.25, 0.3) is 5.69 Å². The van der Waals surface area contributed by atoms with Gasteiger partial charge in [0, 0.05) is 31.9 Å². The molecule has 0 aromatic heterocycles. The molecule has 1 aliphatic rings. The Kier molecular flexibility index (Phi) is 3.90. The van der Waals surface area contributed by atoms with Gasteiger partial charge in [0.05, 0.1) is 4.92 Å². The summed E-state index contributed by atoms with van der Waals surface area (Å²) in [5.74, 6) is 0.645. The molecule has 0 spiro atoms. The van der Waals surface area contributed by atoms with Crippen LogP contribution in [0.4, 0.5) is 17.1 Å². The Labute approximate surface area is 112 Å². The van der Waals surface area contributed by atoms with E-state index in [9.17, 15) is 10.1 Å². The van der Waals surface area contributed by atoms with Crippen molar-refractivity contribution in [2.45, 2.75) is 6.42 Å². The van der Waals surface area contributed by atoms with Crippen LogP contribution in [-0.2, 0) is 0 Å². The molecule has 1 atom stereocenters. The number of hydrogen-bond donors (Lipinski definition) is 1. The average Bonchev–Trinajstić information content (AvgIpc) is 2.74. The van der Waals surface area contributed by atoms with E-state index in [1.165, 1.54) is 12.5 Å². The van der Waals surface area contributed by atoms with Crippen LogP contribution in [-0.4, -0.2) is 43.6 Å². The molecule has 0 amide bonds. The van der Waals surface area contributed by atoms with Crippen molar-refractivity contribution >= 4 is 17.1 Å². The van der Waals surface area contributed by atoms with E-state index >= 15 is 0 Å². The van der Waals surface area contributed by atoms with Crippen molar-refractivity contribution in [1.29, 1.82) is 0 Å². The summed E-state index contributed by atoms with van der Waals surface area (Å²) in [6, 6.07) is 4.91. The van der Waals surface area contributed by atoms with Gasteiger partial charge >= 0.3 is 0 Å². The molecule has 6 heteroatoms. The molecular formula is C13H20N4O2. The molecule has 1 aromatic carbocycles. The Hall–Kier alpha value is -1.82. The zero-order valence-electron chi connectivity index (χ0n) is 11.4. The van der Waals surface area contributed by atoms with E-state index in [1.807, 2.05) is 7.05 Å². The van der Waals surface area contributed by atoms with E-state index in [0.29, 0.717) is 5.92 Å². The minimum atomic E-state index is -0.453. The summed E-state index contributed by atoms with van der Waals surface area (Å²) in [5, 5.41) is 10.7. The predicted octanol–water partition coefficient (Wildman–Crippen LogP) is 1.56. The second-order valence-corrected chi connectivity index (χ2v) is 5.30. The van der Waals surface area contributed by atoms with Gasteiger partial charge in [-0.15, -0.1) is 0 Å². The van der Waals surface area contributed by atoms with Crippen molar-refractivity contribution in [1.82, 2.24) is 4.90 Å². The Bertz CT molecular complexity index is 478. The maximum absolute atomic E-state index is 10.7. The SMILES string of the molecule is CN1CCC(CN(C)c2ccc([N+](=O)[O-])c(N)c2)C1. The number of nitrogens with two attached hydrogens (primary N) is 1. The lowest BCUT2D eigenvalue weighted by Gasteiger charge is -2.23. The van der Waals surface area contributed by atoms with E-state index in [2.05, 4.69) is 16.8 Å². The van der Waals surface area contributed by atoms with Crippen LogP contribution >= 0.6 is 0 Å². The number of nitro benzene ring substituents is 1. The summed E-state index contributed by atoms with van der Waals surface area (Å²) < 4.78 is 0. The lowest BCUT2D eigenvalue weighted by molar-refractivity contribution is -0.383. The minimum absolute atomic E-state index is 0.0299. The molecule has 1 heterocycles. The summed E-state index contributed by atoms with van der Waals surface area (Å²) in [4.78, 5) is 14.7. The fourth-order valence-electron chi connectivity index (χ4n) is 2.61. The fourth-order valence-corrected chi connectivity index (χ4v) is 2.61. The van der Waals surface area contributed by atoms with E-state index in [1.54, 1.807) is 12.1 Å². The van der Waals surface area contributed by atoms with Gasteiger partial charge in [0.2, 0.25) is 0 Å². The number of likely N-dealkylation sites (tertiary alicyclic amines) is 1. The molecule has 0 aliphatic carbocycles. The second-order valence-electron chi connectivity index (χ2n) is 5.30.